The van der Waals surface area contributed by atoms with Crippen LogP contribution < -0.4 is 0 Å². The molecule has 0 bridgehead atoms. The zero-order valence-electron chi connectivity index (χ0n) is 9.52. The summed E-state index contributed by atoms with van der Waals surface area (Å²) in [6.07, 6.45) is 9.15. The Labute approximate surface area is 93.2 Å². The van der Waals surface area contributed by atoms with Gasteiger partial charge in [-0.2, -0.15) is 0 Å². The SMILES string of the molecule is CCCCCC[C@@H](CCCC)C(=O)Cl. The molecular formula is C12H23ClO. The van der Waals surface area contributed by atoms with Crippen LogP contribution in [0, 0.1) is 5.92 Å². The van der Waals surface area contributed by atoms with Gasteiger partial charge in [0.1, 0.15) is 0 Å². The lowest BCUT2D eigenvalue weighted by Crippen LogP contribution is -2.08. The molecule has 0 saturated heterocycles. The fraction of sp³-hybridized carbons (Fsp3) is 0.917. The van der Waals surface area contributed by atoms with E-state index in [2.05, 4.69) is 13.8 Å². The predicted octanol–water partition coefficient (Wildman–Crippen LogP) is 4.53. The molecule has 0 heterocycles. The van der Waals surface area contributed by atoms with E-state index >= 15 is 0 Å². The van der Waals surface area contributed by atoms with Crippen LogP contribution in [-0.4, -0.2) is 5.24 Å². The van der Waals surface area contributed by atoms with Crippen molar-refractivity contribution in [3.8, 4) is 0 Å². The second kappa shape index (κ2) is 9.51. The molecule has 0 saturated carbocycles. The third-order valence-corrected chi connectivity index (χ3v) is 2.94. The number of rotatable bonds is 9. The van der Waals surface area contributed by atoms with Crippen LogP contribution in [0.5, 0.6) is 0 Å². The van der Waals surface area contributed by atoms with E-state index < -0.39 is 0 Å². The molecule has 0 aliphatic carbocycles. The summed E-state index contributed by atoms with van der Waals surface area (Å²) < 4.78 is 0. The van der Waals surface area contributed by atoms with Gasteiger partial charge in [0.25, 0.3) is 0 Å². The van der Waals surface area contributed by atoms with Crippen molar-refractivity contribution in [1.29, 1.82) is 0 Å². The molecule has 0 radical (unpaired) electrons. The Kier molecular flexibility index (Phi) is 9.49. The van der Waals surface area contributed by atoms with Crippen LogP contribution >= 0.6 is 11.6 Å². The second-order valence-corrected chi connectivity index (χ2v) is 4.37. The Balaban J connectivity index is 3.57. The van der Waals surface area contributed by atoms with Crippen LogP contribution in [-0.2, 0) is 4.79 Å². The average molecular weight is 219 g/mol. The normalized spacial score (nSPS) is 12.8. The molecule has 0 unspecified atom stereocenters. The van der Waals surface area contributed by atoms with Gasteiger partial charge in [-0.05, 0) is 24.4 Å². The third-order valence-electron chi connectivity index (χ3n) is 2.63. The average Bonchev–Trinajstić information content (AvgIpc) is 2.16. The molecule has 1 nitrogen and oxygen atoms in total. The number of carbonyl (C=O) groups is 1. The first-order valence-corrected chi connectivity index (χ1v) is 6.29. The van der Waals surface area contributed by atoms with Crippen LogP contribution in [0.15, 0.2) is 0 Å². The van der Waals surface area contributed by atoms with Crippen molar-refractivity contribution in [2.45, 2.75) is 65.2 Å². The molecule has 2 heteroatoms. The molecule has 0 rings (SSSR count). The van der Waals surface area contributed by atoms with E-state index in [1.165, 1.54) is 19.3 Å². The molecule has 0 fully saturated rings. The van der Waals surface area contributed by atoms with E-state index in [1.54, 1.807) is 0 Å². The first kappa shape index (κ1) is 14.0. The minimum Gasteiger partial charge on any atom is -0.281 e. The summed E-state index contributed by atoms with van der Waals surface area (Å²) in [5, 5.41) is -0.130. The predicted molar refractivity (Wildman–Crippen MR) is 62.6 cm³/mol. The maximum atomic E-state index is 11.1. The van der Waals surface area contributed by atoms with E-state index in [-0.39, 0.29) is 11.2 Å². The van der Waals surface area contributed by atoms with Crippen LogP contribution in [0.4, 0.5) is 0 Å². The highest BCUT2D eigenvalue weighted by Crippen LogP contribution is 2.19. The molecule has 0 spiro atoms. The standard InChI is InChI=1S/C12H23ClO/c1-3-5-7-8-10-11(12(13)14)9-6-4-2/h11H,3-10H2,1-2H3/t11-/m1/s1. The highest BCUT2D eigenvalue weighted by atomic mass is 35.5. The third kappa shape index (κ3) is 7.37. The number of hydrogen-bond acceptors (Lipinski definition) is 1. The number of unbranched alkanes of at least 4 members (excludes halogenated alkanes) is 4. The summed E-state index contributed by atoms with van der Waals surface area (Å²) in [5.74, 6) is 0.119. The number of carbonyl (C=O) groups excluding carboxylic acids is 1. The van der Waals surface area contributed by atoms with Gasteiger partial charge < -0.3 is 0 Å². The summed E-state index contributed by atoms with van der Waals surface area (Å²) >= 11 is 5.55. The van der Waals surface area contributed by atoms with Gasteiger partial charge in [0.15, 0.2) is 0 Å². The van der Waals surface area contributed by atoms with Gasteiger partial charge in [0.2, 0.25) is 5.24 Å². The zero-order valence-corrected chi connectivity index (χ0v) is 10.3. The Morgan fingerprint density at radius 1 is 1.00 bits per heavy atom. The van der Waals surface area contributed by atoms with Crippen LogP contribution in [0.1, 0.15) is 65.2 Å². The first-order valence-electron chi connectivity index (χ1n) is 5.91. The first-order chi connectivity index (χ1) is 6.72. The van der Waals surface area contributed by atoms with Gasteiger partial charge in [-0.15, -0.1) is 0 Å². The van der Waals surface area contributed by atoms with Gasteiger partial charge in [0.05, 0.1) is 0 Å². The minimum absolute atomic E-state index is 0.119. The summed E-state index contributed by atoms with van der Waals surface area (Å²) in [4.78, 5) is 11.1. The Morgan fingerprint density at radius 3 is 2.07 bits per heavy atom. The molecule has 0 N–H and O–H groups in total. The zero-order chi connectivity index (χ0) is 10.8. The largest absolute Gasteiger partial charge is 0.281 e. The fourth-order valence-corrected chi connectivity index (χ4v) is 1.86. The molecule has 0 aromatic rings. The van der Waals surface area contributed by atoms with Gasteiger partial charge in [0, 0.05) is 5.92 Å². The number of hydrogen-bond donors (Lipinski definition) is 0. The van der Waals surface area contributed by atoms with Crippen molar-refractivity contribution in [2.24, 2.45) is 5.92 Å². The highest BCUT2D eigenvalue weighted by molar-refractivity contribution is 6.63. The highest BCUT2D eigenvalue weighted by Gasteiger charge is 2.14. The van der Waals surface area contributed by atoms with Gasteiger partial charge in [-0.1, -0.05) is 52.4 Å². The summed E-state index contributed by atoms with van der Waals surface area (Å²) in [7, 11) is 0. The van der Waals surface area contributed by atoms with Crippen molar-refractivity contribution < 1.29 is 4.79 Å². The maximum absolute atomic E-state index is 11.1. The van der Waals surface area contributed by atoms with E-state index in [4.69, 9.17) is 11.6 Å². The maximum Gasteiger partial charge on any atom is 0.224 e. The minimum atomic E-state index is -0.130. The van der Waals surface area contributed by atoms with Gasteiger partial charge in [-0.3, -0.25) is 4.79 Å². The van der Waals surface area contributed by atoms with Crippen molar-refractivity contribution in [3.63, 3.8) is 0 Å². The van der Waals surface area contributed by atoms with Crippen molar-refractivity contribution in [1.82, 2.24) is 0 Å². The van der Waals surface area contributed by atoms with E-state index in [9.17, 15) is 4.79 Å². The lowest BCUT2D eigenvalue weighted by molar-refractivity contribution is -0.115. The van der Waals surface area contributed by atoms with Crippen molar-refractivity contribution >= 4 is 16.8 Å². The van der Waals surface area contributed by atoms with Crippen LogP contribution in [0.3, 0.4) is 0 Å². The monoisotopic (exact) mass is 218 g/mol. The van der Waals surface area contributed by atoms with E-state index in [0.717, 1.165) is 32.1 Å². The molecular weight excluding hydrogens is 196 g/mol. The quantitative estimate of drug-likeness (QED) is 0.411. The lowest BCUT2D eigenvalue weighted by atomic mass is 9.96. The van der Waals surface area contributed by atoms with Crippen LogP contribution in [0.2, 0.25) is 0 Å². The van der Waals surface area contributed by atoms with Gasteiger partial charge >= 0.3 is 0 Å². The molecule has 0 aromatic heterocycles. The fourth-order valence-electron chi connectivity index (χ4n) is 1.64. The Hall–Kier alpha value is -0.0400. The summed E-state index contributed by atoms with van der Waals surface area (Å²) in [5.41, 5.74) is 0. The molecule has 0 aliphatic heterocycles. The smallest absolute Gasteiger partial charge is 0.224 e. The lowest BCUT2D eigenvalue weighted by Gasteiger charge is -2.11. The van der Waals surface area contributed by atoms with E-state index in [0.29, 0.717) is 0 Å². The molecule has 84 valence electrons. The van der Waals surface area contributed by atoms with E-state index in [1.807, 2.05) is 0 Å². The van der Waals surface area contributed by atoms with Crippen molar-refractivity contribution in [2.75, 3.05) is 0 Å². The molecule has 14 heavy (non-hydrogen) atoms. The molecule has 0 aromatic carbocycles. The second-order valence-electron chi connectivity index (χ2n) is 3.99. The molecule has 0 amide bonds. The van der Waals surface area contributed by atoms with Crippen LogP contribution in [0.25, 0.3) is 0 Å². The molecule has 1 atom stereocenters. The Morgan fingerprint density at radius 2 is 1.57 bits per heavy atom. The van der Waals surface area contributed by atoms with Gasteiger partial charge in [-0.25, -0.2) is 0 Å². The summed E-state index contributed by atoms with van der Waals surface area (Å²) in [6.45, 7) is 4.34. The van der Waals surface area contributed by atoms with Crippen molar-refractivity contribution in [3.05, 3.63) is 0 Å². The summed E-state index contributed by atoms with van der Waals surface area (Å²) in [6, 6.07) is 0. The Bertz CT molecular complexity index is 145. The molecule has 0 aliphatic rings. The number of halogens is 1. The topological polar surface area (TPSA) is 17.1 Å².